The first-order valence-corrected chi connectivity index (χ1v) is 9.71. The third-order valence-corrected chi connectivity index (χ3v) is 4.61. The highest BCUT2D eigenvalue weighted by molar-refractivity contribution is 14.0. The number of carbonyl (C=O) groups is 1. The van der Waals surface area contributed by atoms with E-state index < -0.39 is 0 Å². The summed E-state index contributed by atoms with van der Waals surface area (Å²) in [5.74, 6) is 0.969. The number of aliphatic imine (C=N–C) groups is 1. The molecule has 6 heteroatoms. The van der Waals surface area contributed by atoms with E-state index in [0.29, 0.717) is 13.0 Å². The maximum atomic E-state index is 11.9. The Morgan fingerprint density at radius 3 is 2.59 bits per heavy atom. The van der Waals surface area contributed by atoms with Crippen molar-refractivity contribution in [2.45, 2.75) is 46.1 Å². The molecule has 0 bridgehead atoms. The lowest BCUT2D eigenvalue weighted by atomic mass is 10.00. The summed E-state index contributed by atoms with van der Waals surface area (Å²) in [7, 11) is 0. The fourth-order valence-corrected chi connectivity index (χ4v) is 2.91. The van der Waals surface area contributed by atoms with Gasteiger partial charge in [0.05, 0.1) is 6.54 Å². The van der Waals surface area contributed by atoms with E-state index >= 15 is 0 Å². The zero-order valence-corrected chi connectivity index (χ0v) is 19.0. The van der Waals surface area contributed by atoms with Crippen LogP contribution >= 0.6 is 24.0 Å². The molecule has 1 aliphatic rings. The third kappa shape index (κ3) is 7.91. The van der Waals surface area contributed by atoms with Crippen LogP contribution in [0.15, 0.2) is 41.4 Å². The highest BCUT2D eigenvalue weighted by Gasteiger charge is 2.16. The van der Waals surface area contributed by atoms with Crippen molar-refractivity contribution < 1.29 is 4.79 Å². The Morgan fingerprint density at radius 1 is 1.26 bits per heavy atom. The first-order chi connectivity index (χ1) is 12.6. The summed E-state index contributed by atoms with van der Waals surface area (Å²) in [6, 6.07) is 10.8. The number of rotatable bonds is 7. The highest BCUT2D eigenvalue weighted by atomic mass is 127. The fourth-order valence-electron chi connectivity index (χ4n) is 2.91. The quantitative estimate of drug-likeness (QED) is 0.353. The summed E-state index contributed by atoms with van der Waals surface area (Å²) >= 11 is 0. The van der Waals surface area contributed by atoms with Gasteiger partial charge in [-0.1, -0.05) is 43.3 Å². The lowest BCUT2D eigenvalue weighted by Gasteiger charge is -2.30. The molecule has 0 aliphatic carbocycles. The van der Waals surface area contributed by atoms with Gasteiger partial charge in [-0.15, -0.1) is 24.0 Å². The monoisotopic (exact) mass is 484 g/mol. The van der Waals surface area contributed by atoms with E-state index in [0.717, 1.165) is 38.4 Å². The topological polar surface area (TPSA) is 56.7 Å². The summed E-state index contributed by atoms with van der Waals surface area (Å²) in [5, 5.41) is 6.33. The number of guanidine groups is 1. The molecule has 1 atom stereocenters. The van der Waals surface area contributed by atoms with Gasteiger partial charge in [0.2, 0.25) is 5.91 Å². The smallest absolute Gasteiger partial charge is 0.222 e. The first kappa shape index (κ1) is 23.5. The van der Waals surface area contributed by atoms with Gasteiger partial charge in [-0.3, -0.25) is 9.79 Å². The van der Waals surface area contributed by atoms with Gasteiger partial charge in [0.15, 0.2) is 5.96 Å². The first-order valence-electron chi connectivity index (χ1n) is 9.71. The van der Waals surface area contributed by atoms with Crippen molar-refractivity contribution in [2.24, 2.45) is 4.99 Å². The second-order valence-corrected chi connectivity index (χ2v) is 6.65. The lowest BCUT2D eigenvalue weighted by Crippen LogP contribution is -2.43. The minimum atomic E-state index is 0. The second kappa shape index (κ2) is 12.8. The Labute approximate surface area is 180 Å². The molecule has 1 unspecified atom stereocenters. The van der Waals surface area contributed by atoms with Crippen molar-refractivity contribution in [1.82, 2.24) is 15.5 Å². The highest BCUT2D eigenvalue weighted by Crippen LogP contribution is 2.21. The molecule has 1 heterocycles. The van der Waals surface area contributed by atoms with Crippen LogP contribution in [0.5, 0.6) is 0 Å². The van der Waals surface area contributed by atoms with Gasteiger partial charge in [-0.25, -0.2) is 0 Å². The number of hydrogen-bond acceptors (Lipinski definition) is 2. The van der Waals surface area contributed by atoms with Crippen molar-refractivity contribution in [3.05, 3.63) is 42.0 Å². The molecule has 0 saturated heterocycles. The maximum Gasteiger partial charge on any atom is 0.222 e. The summed E-state index contributed by atoms with van der Waals surface area (Å²) in [6.07, 6.45) is 4.66. The normalized spacial score (nSPS) is 15.4. The van der Waals surface area contributed by atoms with Gasteiger partial charge >= 0.3 is 0 Å². The lowest BCUT2D eigenvalue weighted by molar-refractivity contribution is -0.121. The average Bonchev–Trinajstić information content (AvgIpc) is 2.68. The minimum absolute atomic E-state index is 0. The Kier molecular flexibility index (Phi) is 11.1. The molecule has 0 spiro atoms. The van der Waals surface area contributed by atoms with Gasteiger partial charge in [0.25, 0.3) is 0 Å². The van der Waals surface area contributed by atoms with Crippen LogP contribution < -0.4 is 10.6 Å². The number of nitrogens with zero attached hydrogens (tertiary/aromatic N) is 2. The molecule has 2 N–H and O–H groups in total. The fraction of sp³-hybridized carbons (Fsp3) is 0.524. The molecule has 1 aliphatic heterocycles. The standard InChI is InChI=1S/C21H32N4O.HI/c1-4-17(3)24-20(26)11-14-23-21(22-5-2)25-15-12-19(13-16-25)18-9-7-6-8-10-18;/h6-10,12,17H,4-5,11,13-16H2,1-3H3,(H,22,23)(H,24,26);1H. The molecular weight excluding hydrogens is 451 g/mol. The van der Waals surface area contributed by atoms with Crippen LogP contribution in [0.4, 0.5) is 0 Å². The van der Waals surface area contributed by atoms with Crippen LogP contribution in [-0.2, 0) is 4.79 Å². The van der Waals surface area contributed by atoms with E-state index in [1.54, 1.807) is 0 Å². The largest absolute Gasteiger partial charge is 0.357 e. The summed E-state index contributed by atoms with van der Waals surface area (Å²) in [5.41, 5.74) is 2.70. The van der Waals surface area contributed by atoms with Crippen molar-refractivity contribution in [3.63, 3.8) is 0 Å². The molecule has 0 fully saturated rings. The van der Waals surface area contributed by atoms with Gasteiger partial charge in [0, 0.05) is 32.1 Å². The Hall–Kier alpha value is -1.57. The number of halogens is 1. The number of hydrogen-bond donors (Lipinski definition) is 2. The predicted molar refractivity (Wildman–Crippen MR) is 125 cm³/mol. The molecule has 1 amide bonds. The zero-order valence-electron chi connectivity index (χ0n) is 16.7. The minimum Gasteiger partial charge on any atom is -0.357 e. The van der Waals surface area contributed by atoms with E-state index in [9.17, 15) is 4.79 Å². The van der Waals surface area contributed by atoms with Crippen LogP contribution in [0.1, 0.15) is 45.6 Å². The van der Waals surface area contributed by atoms with E-state index in [1.807, 2.05) is 13.0 Å². The Balaban J connectivity index is 0.00000364. The average molecular weight is 484 g/mol. The number of amides is 1. The molecule has 1 aromatic rings. The van der Waals surface area contributed by atoms with Gasteiger partial charge in [-0.2, -0.15) is 0 Å². The summed E-state index contributed by atoms with van der Waals surface area (Å²) in [4.78, 5) is 18.8. The number of benzene rings is 1. The molecule has 0 aromatic heterocycles. The molecule has 0 radical (unpaired) electrons. The maximum absolute atomic E-state index is 11.9. The van der Waals surface area contributed by atoms with Crippen LogP contribution in [0.25, 0.3) is 5.57 Å². The summed E-state index contributed by atoms with van der Waals surface area (Å²) < 4.78 is 0. The SMILES string of the molecule is CCNC(=NCCC(=O)NC(C)CC)N1CC=C(c2ccccc2)CC1.I. The van der Waals surface area contributed by atoms with Gasteiger partial charge in [-0.05, 0) is 37.8 Å². The van der Waals surface area contributed by atoms with E-state index in [4.69, 9.17) is 0 Å². The Bertz CT molecular complexity index is 630. The molecule has 2 rings (SSSR count). The summed E-state index contributed by atoms with van der Waals surface area (Å²) in [6.45, 7) is 9.27. The molecule has 1 aromatic carbocycles. The van der Waals surface area contributed by atoms with Crippen molar-refractivity contribution >= 4 is 41.4 Å². The van der Waals surface area contributed by atoms with Crippen molar-refractivity contribution in [1.29, 1.82) is 0 Å². The van der Waals surface area contributed by atoms with E-state index in [-0.39, 0.29) is 35.9 Å². The molecular formula is C21H33IN4O. The van der Waals surface area contributed by atoms with E-state index in [1.165, 1.54) is 11.1 Å². The molecule has 5 nitrogen and oxygen atoms in total. The molecule has 150 valence electrons. The second-order valence-electron chi connectivity index (χ2n) is 6.65. The zero-order chi connectivity index (χ0) is 18.8. The van der Waals surface area contributed by atoms with Crippen LogP contribution in [-0.4, -0.2) is 49.0 Å². The van der Waals surface area contributed by atoms with Crippen LogP contribution in [0.2, 0.25) is 0 Å². The predicted octanol–water partition coefficient (Wildman–Crippen LogP) is 3.66. The Morgan fingerprint density at radius 2 is 2.00 bits per heavy atom. The van der Waals surface area contributed by atoms with Gasteiger partial charge < -0.3 is 15.5 Å². The number of nitrogens with one attached hydrogen (secondary N) is 2. The van der Waals surface area contributed by atoms with Crippen LogP contribution in [0, 0.1) is 0 Å². The number of carbonyl (C=O) groups excluding carboxylic acids is 1. The third-order valence-electron chi connectivity index (χ3n) is 4.61. The molecule has 27 heavy (non-hydrogen) atoms. The van der Waals surface area contributed by atoms with E-state index in [2.05, 4.69) is 64.7 Å². The molecule has 0 saturated carbocycles. The van der Waals surface area contributed by atoms with Crippen LogP contribution in [0.3, 0.4) is 0 Å². The van der Waals surface area contributed by atoms with Gasteiger partial charge in [0.1, 0.15) is 0 Å². The van der Waals surface area contributed by atoms with Crippen molar-refractivity contribution in [2.75, 3.05) is 26.2 Å². The van der Waals surface area contributed by atoms with Crippen molar-refractivity contribution in [3.8, 4) is 0 Å².